The Morgan fingerprint density at radius 2 is 2.05 bits per heavy atom. The zero-order valence-corrected chi connectivity index (χ0v) is 11.8. The highest BCUT2D eigenvalue weighted by Gasteiger charge is 2.09. The molecule has 0 amide bonds. The van der Waals surface area contributed by atoms with Gasteiger partial charge in [0.15, 0.2) is 0 Å². The molecule has 0 spiro atoms. The van der Waals surface area contributed by atoms with Crippen molar-refractivity contribution in [2.45, 2.75) is 45.7 Å². The van der Waals surface area contributed by atoms with E-state index in [1.807, 2.05) is 12.1 Å². The van der Waals surface area contributed by atoms with Crippen molar-refractivity contribution in [3.63, 3.8) is 0 Å². The molecule has 1 rings (SSSR count). The molecule has 0 aromatic heterocycles. The van der Waals surface area contributed by atoms with Gasteiger partial charge >= 0.3 is 0 Å². The standard InChI is InChI=1S/C15H21FN2O/c1-15(2,3)18-11-12-8-13(16)10-14(9-12)19-7-5-4-6-17/h8-10,18H,4-5,7,11H2,1-3H3. The monoisotopic (exact) mass is 264 g/mol. The van der Waals surface area contributed by atoms with Crippen LogP contribution in [0.15, 0.2) is 18.2 Å². The number of nitrogens with one attached hydrogen (secondary N) is 1. The number of unbranched alkanes of at least 4 members (excludes halogenated alkanes) is 1. The van der Waals surface area contributed by atoms with Crippen molar-refractivity contribution in [2.24, 2.45) is 0 Å². The van der Waals surface area contributed by atoms with Gasteiger partial charge in [-0.3, -0.25) is 0 Å². The maximum Gasteiger partial charge on any atom is 0.127 e. The molecule has 1 N–H and O–H groups in total. The Balaban J connectivity index is 2.59. The van der Waals surface area contributed by atoms with Crippen LogP contribution >= 0.6 is 0 Å². The highest BCUT2D eigenvalue weighted by molar-refractivity contribution is 5.29. The summed E-state index contributed by atoms with van der Waals surface area (Å²) in [6, 6.07) is 6.75. The minimum atomic E-state index is -0.302. The second-order valence-corrected chi connectivity index (χ2v) is 5.51. The van der Waals surface area contributed by atoms with E-state index in [-0.39, 0.29) is 11.4 Å². The molecular weight excluding hydrogens is 243 g/mol. The van der Waals surface area contributed by atoms with Gasteiger partial charge in [-0.1, -0.05) is 0 Å². The number of hydrogen-bond acceptors (Lipinski definition) is 3. The SMILES string of the molecule is CC(C)(C)NCc1cc(F)cc(OCCCC#N)c1. The Kier molecular flexibility index (Phi) is 5.78. The van der Waals surface area contributed by atoms with Crippen LogP contribution in [0.1, 0.15) is 39.2 Å². The van der Waals surface area contributed by atoms with Crippen LogP contribution in [0, 0.1) is 17.1 Å². The lowest BCUT2D eigenvalue weighted by atomic mass is 10.1. The molecule has 1 aromatic carbocycles. The summed E-state index contributed by atoms with van der Waals surface area (Å²) in [5.41, 5.74) is 0.838. The first-order chi connectivity index (χ1) is 8.90. The fourth-order valence-electron chi connectivity index (χ4n) is 1.51. The maximum absolute atomic E-state index is 13.5. The quantitative estimate of drug-likeness (QED) is 0.801. The zero-order chi connectivity index (χ0) is 14.3. The predicted molar refractivity (Wildman–Crippen MR) is 73.3 cm³/mol. The molecule has 0 radical (unpaired) electrons. The molecule has 0 saturated heterocycles. The van der Waals surface area contributed by atoms with Gasteiger partial charge in [0.05, 0.1) is 12.7 Å². The van der Waals surface area contributed by atoms with Gasteiger partial charge in [-0.15, -0.1) is 0 Å². The second kappa shape index (κ2) is 7.10. The van der Waals surface area contributed by atoms with Crippen LogP contribution < -0.4 is 10.1 Å². The lowest BCUT2D eigenvalue weighted by Crippen LogP contribution is -2.35. The fraction of sp³-hybridized carbons (Fsp3) is 0.533. The Morgan fingerprint density at radius 1 is 1.32 bits per heavy atom. The van der Waals surface area contributed by atoms with Crippen molar-refractivity contribution in [3.8, 4) is 11.8 Å². The maximum atomic E-state index is 13.5. The topological polar surface area (TPSA) is 45.0 Å². The molecule has 3 nitrogen and oxygen atoms in total. The summed E-state index contributed by atoms with van der Waals surface area (Å²) >= 11 is 0. The van der Waals surface area contributed by atoms with Crippen LogP contribution in [0.25, 0.3) is 0 Å². The van der Waals surface area contributed by atoms with Crippen LogP contribution in [0.2, 0.25) is 0 Å². The number of rotatable bonds is 6. The third-order valence-corrected chi connectivity index (χ3v) is 2.46. The number of hydrogen-bond donors (Lipinski definition) is 1. The lowest BCUT2D eigenvalue weighted by Gasteiger charge is -2.20. The first-order valence-corrected chi connectivity index (χ1v) is 6.45. The van der Waals surface area contributed by atoms with Crippen LogP contribution in [-0.2, 0) is 6.54 Å². The van der Waals surface area contributed by atoms with Crippen LogP contribution in [-0.4, -0.2) is 12.1 Å². The Labute approximate surface area is 114 Å². The van der Waals surface area contributed by atoms with Crippen molar-refractivity contribution in [2.75, 3.05) is 6.61 Å². The van der Waals surface area contributed by atoms with E-state index < -0.39 is 0 Å². The average molecular weight is 264 g/mol. The Hall–Kier alpha value is -1.60. The number of nitriles is 1. The lowest BCUT2D eigenvalue weighted by molar-refractivity contribution is 0.310. The van der Waals surface area contributed by atoms with E-state index in [0.29, 0.717) is 31.7 Å². The third kappa shape index (κ3) is 6.78. The predicted octanol–water partition coefficient (Wildman–Crippen LogP) is 3.40. The minimum absolute atomic E-state index is 0.0138. The number of ether oxygens (including phenoxy) is 1. The summed E-state index contributed by atoms with van der Waals surface area (Å²) < 4.78 is 18.9. The molecule has 0 saturated carbocycles. The first-order valence-electron chi connectivity index (χ1n) is 6.45. The second-order valence-electron chi connectivity index (χ2n) is 5.51. The van der Waals surface area contributed by atoms with Gasteiger partial charge < -0.3 is 10.1 Å². The Morgan fingerprint density at radius 3 is 2.68 bits per heavy atom. The van der Waals surface area contributed by atoms with E-state index in [0.717, 1.165) is 5.56 Å². The summed E-state index contributed by atoms with van der Waals surface area (Å²) in [5, 5.41) is 11.7. The molecule has 1 aromatic rings. The van der Waals surface area contributed by atoms with Crippen LogP contribution in [0.4, 0.5) is 4.39 Å². The molecule has 0 fully saturated rings. The normalized spacial score (nSPS) is 11.1. The van der Waals surface area contributed by atoms with Gasteiger partial charge in [-0.2, -0.15) is 5.26 Å². The first kappa shape index (κ1) is 15.5. The molecule has 4 heteroatoms. The van der Waals surface area contributed by atoms with E-state index in [1.165, 1.54) is 12.1 Å². The van der Waals surface area contributed by atoms with Gasteiger partial charge in [0.2, 0.25) is 0 Å². The fourth-order valence-corrected chi connectivity index (χ4v) is 1.51. The van der Waals surface area contributed by atoms with Crippen molar-refractivity contribution in [3.05, 3.63) is 29.6 Å². The largest absolute Gasteiger partial charge is 0.493 e. The van der Waals surface area contributed by atoms with Gasteiger partial charge in [-0.25, -0.2) is 4.39 Å². The van der Waals surface area contributed by atoms with Crippen molar-refractivity contribution < 1.29 is 9.13 Å². The molecule has 0 unspecified atom stereocenters. The molecular formula is C15H21FN2O. The number of nitrogens with zero attached hydrogens (tertiary/aromatic N) is 1. The third-order valence-electron chi connectivity index (χ3n) is 2.46. The molecule has 0 bridgehead atoms. The van der Waals surface area contributed by atoms with E-state index in [9.17, 15) is 4.39 Å². The van der Waals surface area contributed by atoms with Crippen molar-refractivity contribution >= 4 is 0 Å². The number of halogens is 1. The van der Waals surface area contributed by atoms with Crippen molar-refractivity contribution in [1.82, 2.24) is 5.32 Å². The van der Waals surface area contributed by atoms with E-state index >= 15 is 0 Å². The van der Waals surface area contributed by atoms with E-state index in [2.05, 4.69) is 26.1 Å². The average Bonchev–Trinajstić information content (AvgIpc) is 2.31. The highest BCUT2D eigenvalue weighted by Crippen LogP contribution is 2.17. The zero-order valence-electron chi connectivity index (χ0n) is 11.8. The highest BCUT2D eigenvalue weighted by atomic mass is 19.1. The van der Waals surface area contributed by atoms with Crippen LogP contribution in [0.3, 0.4) is 0 Å². The molecule has 0 heterocycles. The van der Waals surface area contributed by atoms with Gasteiger partial charge in [0.25, 0.3) is 0 Å². The molecule has 19 heavy (non-hydrogen) atoms. The summed E-state index contributed by atoms with van der Waals surface area (Å²) in [7, 11) is 0. The number of benzene rings is 1. The van der Waals surface area contributed by atoms with Gasteiger partial charge in [0, 0.05) is 24.6 Å². The summed E-state index contributed by atoms with van der Waals surface area (Å²) in [6.07, 6.45) is 1.11. The molecule has 0 aliphatic carbocycles. The van der Waals surface area contributed by atoms with Crippen LogP contribution in [0.5, 0.6) is 5.75 Å². The van der Waals surface area contributed by atoms with E-state index in [4.69, 9.17) is 10.00 Å². The molecule has 0 aliphatic rings. The van der Waals surface area contributed by atoms with Crippen molar-refractivity contribution in [1.29, 1.82) is 5.26 Å². The van der Waals surface area contributed by atoms with Gasteiger partial charge in [0.1, 0.15) is 11.6 Å². The van der Waals surface area contributed by atoms with E-state index in [1.54, 1.807) is 0 Å². The summed E-state index contributed by atoms with van der Waals surface area (Å²) in [4.78, 5) is 0. The molecule has 0 aliphatic heterocycles. The van der Waals surface area contributed by atoms with Gasteiger partial charge in [-0.05, 0) is 44.9 Å². The summed E-state index contributed by atoms with van der Waals surface area (Å²) in [6.45, 7) is 7.21. The molecule has 0 atom stereocenters. The Bertz CT molecular complexity index is 446. The minimum Gasteiger partial charge on any atom is -0.493 e. The molecule has 104 valence electrons. The smallest absolute Gasteiger partial charge is 0.127 e. The summed E-state index contributed by atoms with van der Waals surface area (Å²) in [5.74, 6) is 0.215.